The zero-order chi connectivity index (χ0) is 27.6. The molecule has 0 spiro atoms. The Balaban J connectivity index is 1.97. The highest BCUT2D eigenvalue weighted by atomic mass is 16.6. The fourth-order valence-electron chi connectivity index (χ4n) is 5.87. The van der Waals surface area contributed by atoms with E-state index in [1.54, 1.807) is 27.9 Å². The number of hydrogen-bond donors (Lipinski definition) is 6. The average molecular weight is 515 g/mol. The standard InChI is InChI=1S/C25H30N4O8/c1-5-37-28-9(2)11-8-14(26)19(30)16-12(11)6-10-7-13-18(29(3)4)21(32)17(24(27)35)23(34)25(13,36)22(33)15(10)20(16)31/h8,10,13,18,30,32-33,36H,5-7,26H2,1-4H3,(H2,27,35)/b28-9+/t10-,13-,18-,25-/m0/s1. The molecule has 0 aliphatic heterocycles. The predicted octanol–water partition coefficient (Wildman–Crippen LogP) is 0.463. The molecule has 0 aromatic heterocycles. The third-order valence-electron chi connectivity index (χ3n) is 7.47. The van der Waals surface area contributed by atoms with E-state index in [1.807, 2.05) is 0 Å². The van der Waals surface area contributed by atoms with Crippen LogP contribution in [0.25, 0.3) is 0 Å². The van der Waals surface area contributed by atoms with Crippen LogP contribution >= 0.6 is 0 Å². The molecular weight excluding hydrogens is 484 g/mol. The Labute approximate surface area is 212 Å². The van der Waals surface area contributed by atoms with Crippen molar-refractivity contribution in [2.75, 3.05) is 26.4 Å². The molecule has 3 aliphatic rings. The van der Waals surface area contributed by atoms with Gasteiger partial charge in [-0.25, -0.2) is 0 Å². The molecule has 3 aliphatic carbocycles. The van der Waals surface area contributed by atoms with Crippen LogP contribution in [0.2, 0.25) is 0 Å². The molecule has 0 saturated heterocycles. The number of carbonyl (C=O) groups is 3. The first-order chi connectivity index (χ1) is 17.3. The van der Waals surface area contributed by atoms with E-state index in [0.29, 0.717) is 23.4 Å². The van der Waals surface area contributed by atoms with Gasteiger partial charge in [-0.1, -0.05) is 5.16 Å². The fraction of sp³-hybridized carbons (Fsp3) is 0.440. The number of nitrogens with zero attached hydrogens (tertiary/aromatic N) is 2. The summed E-state index contributed by atoms with van der Waals surface area (Å²) in [5.74, 6) is -7.26. The topological polar surface area (TPSA) is 209 Å². The largest absolute Gasteiger partial charge is 0.510 e. The minimum atomic E-state index is -2.70. The molecule has 1 aromatic carbocycles. The van der Waals surface area contributed by atoms with Crippen LogP contribution < -0.4 is 11.5 Å². The second-order valence-corrected chi connectivity index (χ2v) is 9.77. The van der Waals surface area contributed by atoms with Crippen molar-refractivity contribution in [2.24, 2.45) is 22.7 Å². The Hall–Kier alpha value is -3.90. The van der Waals surface area contributed by atoms with Crippen molar-refractivity contribution in [3.63, 3.8) is 0 Å². The van der Waals surface area contributed by atoms with Crippen LogP contribution in [0.5, 0.6) is 5.75 Å². The summed E-state index contributed by atoms with van der Waals surface area (Å²) < 4.78 is 0. The van der Waals surface area contributed by atoms with Crippen molar-refractivity contribution in [3.8, 4) is 5.75 Å². The van der Waals surface area contributed by atoms with E-state index >= 15 is 0 Å². The number of carbonyl (C=O) groups excluding carboxylic acids is 3. The van der Waals surface area contributed by atoms with E-state index in [0.717, 1.165) is 0 Å². The number of aromatic hydroxyl groups is 1. The first kappa shape index (κ1) is 26.2. The molecule has 0 heterocycles. The lowest BCUT2D eigenvalue weighted by Gasteiger charge is -2.50. The summed E-state index contributed by atoms with van der Waals surface area (Å²) in [6.45, 7) is 3.72. The van der Waals surface area contributed by atoms with Gasteiger partial charge in [0.15, 0.2) is 11.4 Å². The number of phenolic OH excluding ortho intramolecular Hbond substituents is 1. The Morgan fingerprint density at radius 3 is 2.49 bits per heavy atom. The van der Waals surface area contributed by atoms with Gasteiger partial charge in [-0.05, 0) is 58.3 Å². The van der Waals surface area contributed by atoms with Gasteiger partial charge in [-0.15, -0.1) is 0 Å². The number of likely N-dealkylation sites (N-methyl/N-ethyl adjacent to an activating group) is 1. The van der Waals surface area contributed by atoms with Crippen molar-refractivity contribution in [1.82, 2.24) is 4.90 Å². The van der Waals surface area contributed by atoms with E-state index in [4.69, 9.17) is 16.3 Å². The monoisotopic (exact) mass is 514 g/mol. The van der Waals surface area contributed by atoms with E-state index in [9.17, 15) is 34.8 Å². The summed E-state index contributed by atoms with van der Waals surface area (Å²) in [7, 11) is 3.14. The molecule has 4 rings (SSSR count). The smallest absolute Gasteiger partial charge is 0.255 e. The molecule has 198 valence electrons. The summed E-state index contributed by atoms with van der Waals surface area (Å²) in [5.41, 5.74) is 8.51. The lowest BCUT2D eigenvalue weighted by Crippen LogP contribution is -2.63. The quantitative estimate of drug-likeness (QED) is 0.105. The van der Waals surface area contributed by atoms with E-state index in [1.165, 1.54) is 11.0 Å². The molecule has 0 fully saturated rings. The molecule has 0 saturated carbocycles. The second-order valence-electron chi connectivity index (χ2n) is 9.77. The first-order valence-electron chi connectivity index (χ1n) is 11.7. The van der Waals surface area contributed by atoms with Crippen LogP contribution in [0.4, 0.5) is 5.69 Å². The third kappa shape index (κ3) is 3.58. The number of nitrogen functional groups attached to an aromatic ring is 1. The van der Waals surface area contributed by atoms with Gasteiger partial charge in [0.1, 0.15) is 29.4 Å². The molecule has 0 bridgehead atoms. The number of amides is 1. The number of oxime groups is 1. The Kier molecular flexibility index (Phi) is 6.29. The lowest BCUT2D eigenvalue weighted by atomic mass is 9.58. The Bertz CT molecular complexity index is 1330. The summed E-state index contributed by atoms with van der Waals surface area (Å²) in [4.78, 5) is 45.8. The summed E-state index contributed by atoms with van der Waals surface area (Å²) >= 11 is 0. The van der Waals surface area contributed by atoms with Gasteiger partial charge in [0.05, 0.1) is 23.0 Å². The number of Topliss-reactive ketones (excluding diaryl/α,β-unsaturated/α-hetero) is 2. The number of primary amides is 1. The lowest BCUT2D eigenvalue weighted by molar-refractivity contribution is -0.148. The maximum absolute atomic E-state index is 13.8. The normalized spacial score (nSPS) is 27.7. The van der Waals surface area contributed by atoms with Crippen molar-refractivity contribution in [3.05, 3.63) is 45.4 Å². The SMILES string of the molecule is CCO/N=C(\C)c1cc(N)c(O)c2c1C[C@H]1C[C@H]3[C@H](N(C)C)C(O)=C(C(N)=O)C(=O)[C@@]3(O)C(O)=C1C2=O. The molecule has 37 heavy (non-hydrogen) atoms. The number of hydrogen-bond acceptors (Lipinski definition) is 11. The first-order valence-corrected chi connectivity index (χ1v) is 11.7. The van der Waals surface area contributed by atoms with Gasteiger partial charge in [0.2, 0.25) is 5.78 Å². The van der Waals surface area contributed by atoms with Crippen molar-refractivity contribution < 1.29 is 39.6 Å². The third-order valence-corrected chi connectivity index (χ3v) is 7.47. The minimum Gasteiger partial charge on any atom is -0.510 e. The molecule has 12 heteroatoms. The minimum absolute atomic E-state index is 0.0159. The van der Waals surface area contributed by atoms with Gasteiger partial charge in [-0.2, -0.15) is 0 Å². The Morgan fingerprint density at radius 2 is 1.92 bits per heavy atom. The van der Waals surface area contributed by atoms with Gasteiger partial charge < -0.3 is 36.7 Å². The van der Waals surface area contributed by atoms with E-state index in [2.05, 4.69) is 5.16 Å². The zero-order valence-electron chi connectivity index (χ0n) is 20.9. The molecule has 4 atom stereocenters. The highest BCUT2D eigenvalue weighted by molar-refractivity contribution is 6.25. The number of phenols is 1. The number of benzene rings is 1. The van der Waals surface area contributed by atoms with Crippen LogP contribution in [0.3, 0.4) is 0 Å². The number of aliphatic hydroxyl groups excluding tert-OH is 2. The van der Waals surface area contributed by atoms with Crippen LogP contribution in [0.15, 0.2) is 33.9 Å². The zero-order valence-corrected chi connectivity index (χ0v) is 20.9. The number of nitrogens with two attached hydrogens (primary N) is 2. The summed E-state index contributed by atoms with van der Waals surface area (Å²) in [5, 5.41) is 48.5. The van der Waals surface area contributed by atoms with Crippen LogP contribution in [0, 0.1) is 11.8 Å². The van der Waals surface area contributed by atoms with Crippen LogP contribution in [-0.2, 0) is 20.8 Å². The highest BCUT2D eigenvalue weighted by Crippen LogP contribution is 2.53. The van der Waals surface area contributed by atoms with Gasteiger partial charge >= 0.3 is 0 Å². The fourth-order valence-corrected chi connectivity index (χ4v) is 5.87. The number of aliphatic hydroxyl groups is 3. The maximum Gasteiger partial charge on any atom is 0.255 e. The second kappa shape index (κ2) is 8.89. The number of fused-ring (bicyclic) bond motifs is 3. The predicted molar refractivity (Wildman–Crippen MR) is 132 cm³/mol. The molecule has 0 unspecified atom stereocenters. The Morgan fingerprint density at radius 1 is 1.27 bits per heavy atom. The maximum atomic E-state index is 13.8. The summed E-state index contributed by atoms with van der Waals surface area (Å²) in [6, 6.07) is 0.416. The molecule has 0 radical (unpaired) electrons. The average Bonchev–Trinajstić information content (AvgIpc) is 2.81. The van der Waals surface area contributed by atoms with Crippen molar-refractivity contribution in [2.45, 2.75) is 38.3 Å². The van der Waals surface area contributed by atoms with Gasteiger partial charge in [0.25, 0.3) is 5.91 Å². The molecular formula is C25H30N4O8. The van der Waals surface area contributed by atoms with Gasteiger partial charge in [0, 0.05) is 17.1 Å². The molecule has 12 nitrogen and oxygen atoms in total. The number of rotatable bonds is 5. The summed E-state index contributed by atoms with van der Waals surface area (Å²) in [6.07, 6.45) is 0.106. The van der Waals surface area contributed by atoms with Gasteiger partial charge in [-0.3, -0.25) is 19.3 Å². The molecule has 1 amide bonds. The van der Waals surface area contributed by atoms with Crippen LogP contribution in [-0.4, -0.2) is 80.9 Å². The van der Waals surface area contributed by atoms with Crippen LogP contribution in [0.1, 0.15) is 41.8 Å². The van der Waals surface area contributed by atoms with Crippen molar-refractivity contribution >= 4 is 28.9 Å². The number of ketones is 2. The highest BCUT2D eigenvalue weighted by Gasteiger charge is 2.63. The van der Waals surface area contributed by atoms with Crippen molar-refractivity contribution in [1.29, 1.82) is 0 Å². The molecule has 8 N–H and O–H groups in total. The number of anilines is 1. The van der Waals surface area contributed by atoms with E-state index < -0.39 is 63.8 Å². The van der Waals surface area contributed by atoms with E-state index in [-0.39, 0.29) is 29.7 Å². The number of allylic oxidation sites excluding steroid dienone is 1. The molecule has 1 aromatic rings.